The molecule has 0 N–H and O–H groups in total. The molecule has 2 rings (SSSR count). The molecule has 0 aliphatic heterocycles. The van der Waals surface area contributed by atoms with E-state index in [0.29, 0.717) is 11.3 Å². The van der Waals surface area contributed by atoms with Crippen LogP contribution in [0.15, 0.2) is 42.5 Å². The van der Waals surface area contributed by atoms with E-state index in [1.54, 1.807) is 13.2 Å². The lowest BCUT2D eigenvalue weighted by Gasteiger charge is -2.10. The van der Waals surface area contributed by atoms with Crippen molar-refractivity contribution >= 4 is 5.97 Å². The summed E-state index contributed by atoms with van der Waals surface area (Å²) in [7, 11) is 2.90. The van der Waals surface area contributed by atoms with Crippen molar-refractivity contribution in [3.05, 3.63) is 53.6 Å². The van der Waals surface area contributed by atoms with E-state index in [1.165, 1.54) is 12.7 Å². The van der Waals surface area contributed by atoms with Gasteiger partial charge in [-0.3, -0.25) is 0 Å². The van der Waals surface area contributed by atoms with Gasteiger partial charge in [0.1, 0.15) is 11.3 Å². The minimum atomic E-state index is -0.396. The Morgan fingerprint density at radius 1 is 1.00 bits per heavy atom. The van der Waals surface area contributed by atoms with Crippen LogP contribution in [0, 0.1) is 6.92 Å². The first-order valence-electron chi connectivity index (χ1n) is 5.99. The van der Waals surface area contributed by atoms with Gasteiger partial charge in [0, 0.05) is 0 Å². The minimum Gasteiger partial charge on any atom is -0.496 e. The fourth-order valence-electron chi connectivity index (χ4n) is 1.97. The molecule has 2 aromatic rings. The van der Waals surface area contributed by atoms with Crippen LogP contribution in [0.3, 0.4) is 0 Å². The lowest BCUT2D eigenvalue weighted by Crippen LogP contribution is -2.04. The summed E-state index contributed by atoms with van der Waals surface area (Å²) >= 11 is 0. The molecule has 19 heavy (non-hydrogen) atoms. The van der Waals surface area contributed by atoms with Crippen LogP contribution in [0.4, 0.5) is 0 Å². The number of hydrogen-bond acceptors (Lipinski definition) is 3. The number of benzene rings is 2. The largest absolute Gasteiger partial charge is 0.496 e. The second-order valence-corrected chi connectivity index (χ2v) is 4.28. The molecule has 0 fully saturated rings. The van der Waals surface area contributed by atoms with E-state index in [0.717, 1.165) is 11.1 Å². The van der Waals surface area contributed by atoms with Gasteiger partial charge in [-0.05, 0) is 30.2 Å². The Morgan fingerprint density at radius 2 is 1.74 bits per heavy atom. The highest BCUT2D eigenvalue weighted by atomic mass is 16.5. The molecule has 3 nitrogen and oxygen atoms in total. The second-order valence-electron chi connectivity index (χ2n) is 4.28. The Labute approximate surface area is 112 Å². The highest BCUT2D eigenvalue weighted by molar-refractivity contribution is 5.93. The molecule has 0 saturated carbocycles. The molecule has 0 unspecified atom stereocenters. The fourth-order valence-corrected chi connectivity index (χ4v) is 1.97. The average molecular weight is 256 g/mol. The van der Waals surface area contributed by atoms with Crippen molar-refractivity contribution in [3.8, 4) is 16.9 Å². The zero-order chi connectivity index (χ0) is 13.8. The van der Waals surface area contributed by atoms with Gasteiger partial charge in [0.25, 0.3) is 0 Å². The Kier molecular flexibility index (Phi) is 3.85. The van der Waals surface area contributed by atoms with Crippen LogP contribution < -0.4 is 4.74 Å². The van der Waals surface area contributed by atoms with Gasteiger partial charge in [-0.2, -0.15) is 0 Å². The smallest absolute Gasteiger partial charge is 0.341 e. The van der Waals surface area contributed by atoms with Crippen LogP contribution in [0.5, 0.6) is 5.75 Å². The van der Waals surface area contributed by atoms with E-state index in [4.69, 9.17) is 9.47 Å². The third kappa shape index (κ3) is 2.76. The summed E-state index contributed by atoms with van der Waals surface area (Å²) in [5.41, 5.74) is 3.72. The summed E-state index contributed by atoms with van der Waals surface area (Å²) in [4.78, 5) is 11.6. The van der Waals surface area contributed by atoms with Crippen molar-refractivity contribution in [1.29, 1.82) is 0 Å². The van der Waals surface area contributed by atoms with Gasteiger partial charge in [0.05, 0.1) is 14.2 Å². The van der Waals surface area contributed by atoms with E-state index in [9.17, 15) is 4.79 Å². The van der Waals surface area contributed by atoms with Gasteiger partial charge < -0.3 is 9.47 Å². The predicted octanol–water partition coefficient (Wildman–Crippen LogP) is 3.46. The van der Waals surface area contributed by atoms with Crippen molar-refractivity contribution < 1.29 is 14.3 Å². The maximum Gasteiger partial charge on any atom is 0.341 e. The highest BCUT2D eigenvalue weighted by Crippen LogP contribution is 2.28. The first-order valence-corrected chi connectivity index (χ1v) is 5.99. The predicted molar refractivity (Wildman–Crippen MR) is 74.5 cm³/mol. The number of carbonyl (C=O) groups is 1. The highest BCUT2D eigenvalue weighted by Gasteiger charge is 2.13. The van der Waals surface area contributed by atoms with Crippen molar-refractivity contribution in [2.75, 3.05) is 14.2 Å². The topological polar surface area (TPSA) is 35.5 Å². The van der Waals surface area contributed by atoms with Crippen LogP contribution in [0.1, 0.15) is 15.9 Å². The Hall–Kier alpha value is -2.29. The van der Waals surface area contributed by atoms with Gasteiger partial charge in [0.2, 0.25) is 0 Å². The molecule has 0 aliphatic rings. The molecule has 0 radical (unpaired) electrons. The molecule has 0 aromatic heterocycles. The minimum absolute atomic E-state index is 0.396. The molecule has 0 aliphatic carbocycles. The molecular formula is C16H16O3. The summed E-state index contributed by atoms with van der Waals surface area (Å²) in [6, 6.07) is 13.6. The Balaban J connectivity index is 2.47. The third-order valence-electron chi connectivity index (χ3n) is 2.96. The maximum absolute atomic E-state index is 11.6. The zero-order valence-electron chi connectivity index (χ0n) is 11.3. The van der Waals surface area contributed by atoms with Gasteiger partial charge in [0.15, 0.2) is 0 Å². The Morgan fingerprint density at radius 3 is 2.37 bits per heavy atom. The van der Waals surface area contributed by atoms with Crippen LogP contribution in [0.25, 0.3) is 11.1 Å². The molecular weight excluding hydrogens is 240 g/mol. The van der Waals surface area contributed by atoms with E-state index in [-0.39, 0.29) is 0 Å². The summed E-state index contributed by atoms with van der Waals surface area (Å²) < 4.78 is 9.98. The Bertz CT molecular complexity index is 603. The number of aryl methyl sites for hydroxylation is 1. The number of carbonyl (C=O) groups excluding carboxylic acids is 1. The van der Waals surface area contributed by atoms with Crippen molar-refractivity contribution in [2.24, 2.45) is 0 Å². The molecule has 0 amide bonds. The fraction of sp³-hybridized carbons (Fsp3) is 0.188. The molecule has 0 saturated heterocycles. The number of esters is 1. The maximum atomic E-state index is 11.6. The van der Waals surface area contributed by atoms with Crippen LogP contribution >= 0.6 is 0 Å². The van der Waals surface area contributed by atoms with E-state index in [2.05, 4.69) is 6.07 Å². The lowest BCUT2D eigenvalue weighted by atomic mass is 10.0. The lowest BCUT2D eigenvalue weighted by molar-refractivity contribution is 0.0597. The molecule has 3 heteroatoms. The van der Waals surface area contributed by atoms with E-state index in [1.807, 2.05) is 37.3 Å². The quantitative estimate of drug-likeness (QED) is 0.789. The monoisotopic (exact) mass is 256 g/mol. The first-order chi connectivity index (χ1) is 9.15. The van der Waals surface area contributed by atoms with Gasteiger partial charge in [-0.25, -0.2) is 4.79 Å². The number of rotatable bonds is 3. The van der Waals surface area contributed by atoms with Crippen LogP contribution in [0.2, 0.25) is 0 Å². The molecule has 2 aromatic carbocycles. The van der Waals surface area contributed by atoms with E-state index < -0.39 is 5.97 Å². The van der Waals surface area contributed by atoms with Crippen LogP contribution in [-0.2, 0) is 4.74 Å². The van der Waals surface area contributed by atoms with Crippen LogP contribution in [-0.4, -0.2) is 20.2 Å². The van der Waals surface area contributed by atoms with Crippen molar-refractivity contribution in [3.63, 3.8) is 0 Å². The SMILES string of the molecule is COC(=O)c1ccc(-c2cccc(C)c2)cc1OC. The normalized spacial score (nSPS) is 10.1. The summed E-state index contributed by atoms with van der Waals surface area (Å²) in [5, 5.41) is 0. The standard InChI is InChI=1S/C16H16O3/c1-11-5-4-6-12(9-11)13-7-8-14(16(17)19-3)15(10-13)18-2/h4-10H,1-3H3. The number of hydrogen-bond donors (Lipinski definition) is 0. The molecule has 98 valence electrons. The number of ether oxygens (including phenoxy) is 2. The summed E-state index contributed by atoms with van der Waals surface area (Å²) in [5.74, 6) is 0.124. The molecule has 0 bridgehead atoms. The number of methoxy groups -OCH3 is 2. The summed E-state index contributed by atoms with van der Waals surface area (Å²) in [6.07, 6.45) is 0. The van der Waals surface area contributed by atoms with Gasteiger partial charge in [-0.1, -0.05) is 35.9 Å². The molecule has 0 spiro atoms. The van der Waals surface area contributed by atoms with Crippen molar-refractivity contribution in [2.45, 2.75) is 6.92 Å². The average Bonchev–Trinajstić information content (AvgIpc) is 2.45. The summed E-state index contributed by atoms with van der Waals surface area (Å²) in [6.45, 7) is 2.05. The first kappa shape index (κ1) is 13.1. The molecule has 0 atom stereocenters. The van der Waals surface area contributed by atoms with Crippen molar-refractivity contribution in [1.82, 2.24) is 0 Å². The van der Waals surface area contributed by atoms with Gasteiger partial charge in [-0.15, -0.1) is 0 Å². The molecule has 0 heterocycles. The van der Waals surface area contributed by atoms with Gasteiger partial charge >= 0.3 is 5.97 Å². The third-order valence-corrected chi connectivity index (χ3v) is 2.96. The zero-order valence-corrected chi connectivity index (χ0v) is 11.3. The van der Waals surface area contributed by atoms with E-state index >= 15 is 0 Å². The second kappa shape index (κ2) is 5.57.